The van der Waals surface area contributed by atoms with Crippen LogP contribution >= 0.6 is 11.6 Å². The maximum Gasteiger partial charge on any atom is 0.322 e. The number of carbonyl (C=O) groups excluding carboxylic acids is 1. The van der Waals surface area contributed by atoms with Crippen molar-refractivity contribution in [3.63, 3.8) is 0 Å². The van der Waals surface area contributed by atoms with E-state index in [9.17, 15) is 14.7 Å². The summed E-state index contributed by atoms with van der Waals surface area (Å²) >= 11 is 6.79. The van der Waals surface area contributed by atoms with Crippen LogP contribution in [0.15, 0.2) is 30.0 Å². The fraction of sp³-hybridized carbons (Fsp3) is 0.643. The van der Waals surface area contributed by atoms with Crippen LogP contribution in [0.1, 0.15) is 84.3 Å². The van der Waals surface area contributed by atoms with E-state index < -0.39 is 16.9 Å². The minimum Gasteiger partial charge on any atom is -0.481 e. The van der Waals surface area contributed by atoms with Gasteiger partial charge in [-0.2, -0.15) is 0 Å². The minimum atomic E-state index is -0.727. The molecule has 1 aromatic rings. The Hall–Kier alpha value is -2.01. The van der Waals surface area contributed by atoms with Gasteiger partial charge in [-0.15, -0.1) is 0 Å². The molecule has 0 saturated heterocycles. The number of benzene rings is 1. The second kappa shape index (κ2) is 7.49. The SMILES string of the molecule is C[C@H]1CCC2(c3ccc(CCC(C)(C)C)c(Cl)c3)NC(=O)N(C34CC(C(=O)O)(C3)C4)C=C2[C@@H]1C. The molecule has 5 aliphatic rings. The van der Waals surface area contributed by atoms with Gasteiger partial charge >= 0.3 is 12.0 Å². The van der Waals surface area contributed by atoms with Crippen molar-refractivity contribution >= 4 is 23.6 Å². The Morgan fingerprint density at radius 2 is 1.91 bits per heavy atom. The number of carboxylic acid groups (broad SMARTS) is 1. The Morgan fingerprint density at radius 1 is 1.24 bits per heavy atom. The molecule has 1 unspecified atom stereocenters. The van der Waals surface area contributed by atoms with Crippen LogP contribution in [-0.2, 0) is 16.8 Å². The summed E-state index contributed by atoms with van der Waals surface area (Å²) in [5, 5.41) is 13.7. The summed E-state index contributed by atoms with van der Waals surface area (Å²) in [6.45, 7) is 11.2. The molecule has 0 aromatic heterocycles. The van der Waals surface area contributed by atoms with E-state index in [0.29, 0.717) is 31.1 Å². The number of halogens is 1. The lowest BCUT2D eigenvalue weighted by Gasteiger charge is -2.71. The standard InChI is InChI=1S/C28H37ClN2O3/c1-17-8-11-28(20-7-6-19(22(29)12-20)9-10-25(3,4)5)21(18(17)2)13-31(24(34)30-28)27-14-26(15-27,16-27)23(32)33/h6-7,12-13,17-18H,8-11,14-16H2,1-5H3,(H,30,34)(H,32,33)/t17-,18+,26?,27?,28?/m0/s1. The number of hydrogen-bond donors (Lipinski definition) is 2. The first kappa shape index (κ1) is 23.7. The number of urea groups is 1. The zero-order chi connectivity index (χ0) is 24.7. The van der Waals surface area contributed by atoms with Gasteiger partial charge < -0.3 is 10.4 Å². The lowest BCUT2D eigenvalue weighted by molar-refractivity contribution is -0.215. The number of nitrogens with one attached hydrogen (secondary N) is 1. The predicted octanol–water partition coefficient (Wildman–Crippen LogP) is 6.50. The second-order valence-corrected chi connectivity index (χ2v) is 13.2. The molecule has 1 heterocycles. The molecule has 4 saturated carbocycles. The summed E-state index contributed by atoms with van der Waals surface area (Å²) in [5.74, 6) is 0.0859. The smallest absolute Gasteiger partial charge is 0.322 e. The van der Waals surface area contributed by atoms with Crippen molar-refractivity contribution < 1.29 is 14.7 Å². The van der Waals surface area contributed by atoms with E-state index in [-0.39, 0.29) is 17.0 Å². The van der Waals surface area contributed by atoms with Gasteiger partial charge in [-0.25, -0.2) is 4.79 Å². The van der Waals surface area contributed by atoms with Gasteiger partial charge in [0.1, 0.15) is 0 Å². The van der Waals surface area contributed by atoms with Gasteiger partial charge in [0.2, 0.25) is 0 Å². The topological polar surface area (TPSA) is 69.6 Å². The van der Waals surface area contributed by atoms with E-state index in [1.165, 1.54) is 5.57 Å². The summed E-state index contributed by atoms with van der Waals surface area (Å²) in [6, 6.07) is 6.23. The van der Waals surface area contributed by atoms with Crippen molar-refractivity contribution in [3.05, 3.63) is 46.1 Å². The summed E-state index contributed by atoms with van der Waals surface area (Å²) in [4.78, 5) is 27.0. The molecule has 1 aromatic carbocycles. The minimum absolute atomic E-state index is 0.114. The highest BCUT2D eigenvalue weighted by Crippen LogP contribution is 2.70. The highest BCUT2D eigenvalue weighted by atomic mass is 35.5. The summed E-state index contributed by atoms with van der Waals surface area (Å²) in [7, 11) is 0. The lowest BCUT2D eigenvalue weighted by Crippen LogP contribution is -2.78. The second-order valence-electron chi connectivity index (χ2n) is 12.8. The molecule has 0 radical (unpaired) electrons. The van der Waals surface area contributed by atoms with Gasteiger partial charge in [0.15, 0.2) is 0 Å². The molecule has 4 fully saturated rings. The number of amides is 2. The summed E-state index contributed by atoms with van der Waals surface area (Å²) < 4.78 is 0. The number of nitrogens with zero attached hydrogens (tertiary/aromatic N) is 1. The quantitative estimate of drug-likeness (QED) is 0.501. The third kappa shape index (κ3) is 3.41. The monoisotopic (exact) mass is 484 g/mol. The fourth-order valence-electron chi connectivity index (χ4n) is 6.81. The molecule has 6 rings (SSSR count). The van der Waals surface area contributed by atoms with Gasteiger partial charge in [0.05, 0.1) is 16.5 Å². The Balaban J connectivity index is 1.49. The van der Waals surface area contributed by atoms with Gasteiger partial charge in [-0.3, -0.25) is 9.69 Å². The number of hydrogen-bond acceptors (Lipinski definition) is 2. The van der Waals surface area contributed by atoms with Crippen molar-refractivity contribution in [2.75, 3.05) is 0 Å². The van der Waals surface area contributed by atoms with E-state index in [0.717, 1.165) is 41.8 Å². The Bertz CT molecular complexity index is 1070. The van der Waals surface area contributed by atoms with Crippen molar-refractivity contribution in [2.45, 2.75) is 90.6 Å². The van der Waals surface area contributed by atoms with Crippen LogP contribution in [0, 0.1) is 22.7 Å². The van der Waals surface area contributed by atoms with Crippen molar-refractivity contribution in [2.24, 2.45) is 22.7 Å². The van der Waals surface area contributed by atoms with Crippen molar-refractivity contribution in [1.29, 1.82) is 0 Å². The number of rotatable bonds is 5. The first-order chi connectivity index (χ1) is 15.8. The Kier molecular flexibility index (Phi) is 5.23. The molecule has 2 amide bonds. The number of fused-ring (bicyclic) bond motifs is 1. The molecule has 5 nitrogen and oxygen atoms in total. The molecule has 0 spiro atoms. The predicted molar refractivity (Wildman–Crippen MR) is 134 cm³/mol. The molecule has 2 bridgehead atoms. The normalized spacial score (nSPS) is 36.6. The highest BCUT2D eigenvalue weighted by molar-refractivity contribution is 6.31. The highest BCUT2D eigenvalue weighted by Gasteiger charge is 2.75. The fourth-order valence-corrected chi connectivity index (χ4v) is 7.09. The third-order valence-electron chi connectivity index (χ3n) is 9.28. The number of carbonyl (C=O) groups is 2. The van der Waals surface area contributed by atoms with Gasteiger partial charge in [0.25, 0.3) is 0 Å². The van der Waals surface area contributed by atoms with E-state index >= 15 is 0 Å². The lowest BCUT2D eigenvalue weighted by atomic mass is 9.38. The average molecular weight is 485 g/mol. The maximum absolute atomic E-state index is 13.5. The average Bonchev–Trinajstić information content (AvgIpc) is 2.68. The van der Waals surface area contributed by atoms with Gasteiger partial charge in [-0.05, 0) is 85.0 Å². The molecule has 1 aliphatic heterocycles. The number of aliphatic carboxylic acids is 1. The molecule has 3 atom stereocenters. The Labute approximate surface area is 207 Å². The van der Waals surface area contributed by atoms with Crippen molar-refractivity contribution in [1.82, 2.24) is 10.2 Å². The van der Waals surface area contributed by atoms with Gasteiger partial charge in [0, 0.05) is 11.2 Å². The number of carboxylic acids is 1. The van der Waals surface area contributed by atoms with Crippen LogP contribution < -0.4 is 5.32 Å². The molecule has 6 heteroatoms. The Morgan fingerprint density at radius 3 is 2.50 bits per heavy atom. The van der Waals surface area contributed by atoms with E-state index in [2.05, 4.69) is 64.3 Å². The molecule has 184 valence electrons. The van der Waals surface area contributed by atoms with Crippen LogP contribution in [0.3, 0.4) is 0 Å². The van der Waals surface area contributed by atoms with Gasteiger partial charge in [-0.1, -0.05) is 58.4 Å². The largest absolute Gasteiger partial charge is 0.481 e. The van der Waals surface area contributed by atoms with Crippen LogP contribution in [0.4, 0.5) is 4.79 Å². The molecule has 34 heavy (non-hydrogen) atoms. The van der Waals surface area contributed by atoms with Crippen LogP contribution in [0.25, 0.3) is 0 Å². The van der Waals surface area contributed by atoms with Crippen LogP contribution in [0.2, 0.25) is 5.02 Å². The number of aryl methyl sites for hydroxylation is 1. The zero-order valence-electron chi connectivity index (χ0n) is 21.0. The summed E-state index contributed by atoms with van der Waals surface area (Å²) in [6.07, 6.45) is 7.59. The van der Waals surface area contributed by atoms with Crippen molar-refractivity contribution in [3.8, 4) is 0 Å². The third-order valence-corrected chi connectivity index (χ3v) is 9.63. The summed E-state index contributed by atoms with van der Waals surface area (Å²) in [5.41, 5.74) is 2.16. The first-order valence-corrected chi connectivity index (χ1v) is 13.0. The van der Waals surface area contributed by atoms with E-state index in [1.54, 1.807) is 0 Å². The van der Waals surface area contributed by atoms with E-state index in [1.807, 2.05) is 4.90 Å². The van der Waals surface area contributed by atoms with E-state index in [4.69, 9.17) is 11.6 Å². The molecular weight excluding hydrogens is 448 g/mol. The van der Waals surface area contributed by atoms with Crippen LogP contribution in [0.5, 0.6) is 0 Å². The zero-order valence-corrected chi connectivity index (χ0v) is 21.8. The van der Waals surface area contributed by atoms with Crippen LogP contribution in [-0.4, -0.2) is 27.5 Å². The molecule has 2 N–H and O–H groups in total. The first-order valence-electron chi connectivity index (χ1n) is 12.7. The molecular formula is C28H37ClN2O3. The maximum atomic E-state index is 13.5. The molecule has 4 aliphatic carbocycles.